The topological polar surface area (TPSA) is 46.8 Å². The molecule has 0 unspecified atom stereocenters. The zero-order valence-electron chi connectivity index (χ0n) is 13.0. The molecule has 0 atom stereocenters. The molecule has 5 nitrogen and oxygen atoms in total. The van der Waals surface area contributed by atoms with Crippen LogP contribution in [0.2, 0.25) is 0 Å². The molecule has 1 aliphatic rings. The van der Waals surface area contributed by atoms with Gasteiger partial charge < -0.3 is 9.47 Å². The molecule has 6 heteroatoms. The molecule has 0 N–H and O–H groups in total. The van der Waals surface area contributed by atoms with Crippen LogP contribution in [0.3, 0.4) is 0 Å². The predicted octanol–water partition coefficient (Wildman–Crippen LogP) is 3.58. The van der Waals surface area contributed by atoms with E-state index in [1.165, 1.54) is 4.70 Å². The third-order valence-electron chi connectivity index (χ3n) is 4.34. The quantitative estimate of drug-likeness (QED) is 0.562. The maximum atomic E-state index is 4.76. The Hall–Kier alpha value is -2.73. The fraction of sp³-hybridized carbons (Fsp3) is 0.167. The normalized spacial score (nSPS) is 14.1. The first-order valence-corrected chi connectivity index (χ1v) is 8.78. The highest BCUT2D eigenvalue weighted by atomic mass is 32.1. The Morgan fingerprint density at radius 3 is 2.58 bits per heavy atom. The molecule has 0 fully saturated rings. The van der Waals surface area contributed by atoms with E-state index in [1.807, 2.05) is 24.3 Å². The van der Waals surface area contributed by atoms with Crippen LogP contribution in [0.15, 0.2) is 54.6 Å². The zero-order valence-corrected chi connectivity index (χ0v) is 13.8. The molecule has 3 heterocycles. The molecule has 0 saturated heterocycles. The first-order chi connectivity index (χ1) is 11.9. The summed E-state index contributed by atoms with van der Waals surface area (Å²) in [6.07, 6.45) is 0. The van der Waals surface area contributed by atoms with Gasteiger partial charge in [0.25, 0.3) is 0 Å². The van der Waals surface area contributed by atoms with Crippen LogP contribution in [0.25, 0.3) is 21.6 Å². The highest BCUT2D eigenvalue weighted by Crippen LogP contribution is 2.31. The lowest BCUT2D eigenvalue weighted by molar-refractivity contribution is 0.563. The minimum atomic E-state index is 0.750. The fourth-order valence-corrected chi connectivity index (χ4v) is 4.11. The van der Waals surface area contributed by atoms with E-state index in [2.05, 4.69) is 50.0 Å². The summed E-state index contributed by atoms with van der Waals surface area (Å²) >= 11 is 1.74. The molecule has 2 aromatic carbocycles. The number of nitrogens with zero attached hydrogens (tertiary/aromatic N) is 5. The Morgan fingerprint density at radius 1 is 0.875 bits per heavy atom. The number of aromatic nitrogens is 4. The van der Waals surface area contributed by atoms with Gasteiger partial charge in [0.2, 0.25) is 0 Å². The van der Waals surface area contributed by atoms with Crippen LogP contribution in [0.4, 0.5) is 5.13 Å². The first-order valence-electron chi connectivity index (χ1n) is 7.96. The number of fused-ring (bicyclic) bond motifs is 2. The SMILES string of the molecule is c1ccc(-c2nnc3n2CCN(c2nc4ccccc4s2)C3)cc1. The van der Waals surface area contributed by atoms with Gasteiger partial charge in [-0.1, -0.05) is 53.8 Å². The van der Waals surface area contributed by atoms with E-state index in [9.17, 15) is 0 Å². The largest absolute Gasteiger partial charge is 0.339 e. The number of hydrogen-bond donors (Lipinski definition) is 0. The van der Waals surface area contributed by atoms with E-state index < -0.39 is 0 Å². The second-order valence-corrected chi connectivity index (χ2v) is 6.85. The highest BCUT2D eigenvalue weighted by molar-refractivity contribution is 7.22. The lowest BCUT2D eigenvalue weighted by Crippen LogP contribution is -2.33. The Kier molecular flexibility index (Phi) is 3.09. The lowest BCUT2D eigenvalue weighted by atomic mass is 10.2. The number of para-hydroxylation sites is 1. The van der Waals surface area contributed by atoms with Crippen LogP contribution in [0, 0.1) is 0 Å². The van der Waals surface area contributed by atoms with E-state index in [4.69, 9.17) is 4.98 Å². The monoisotopic (exact) mass is 333 g/mol. The Labute approximate surface area is 143 Å². The summed E-state index contributed by atoms with van der Waals surface area (Å²) in [6.45, 7) is 2.55. The summed E-state index contributed by atoms with van der Waals surface area (Å²) in [4.78, 5) is 7.06. The molecule has 24 heavy (non-hydrogen) atoms. The van der Waals surface area contributed by atoms with Gasteiger partial charge in [0.1, 0.15) is 0 Å². The number of rotatable bonds is 2. The summed E-state index contributed by atoms with van der Waals surface area (Å²) < 4.78 is 3.45. The third kappa shape index (κ3) is 2.18. The van der Waals surface area contributed by atoms with Gasteiger partial charge in [0.05, 0.1) is 16.8 Å². The minimum absolute atomic E-state index is 0.750. The third-order valence-corrected chi connectivity index (χ3v) is 5.44. The molecular formula is C18H15N5S. The van der Waals surface area contributed by atoms with Crippen molar-refractivity contribution in [1.29, 1.82) is 0 Å². The number of anilines is 1. The van der Waals surface area contributed by atoms with Crippen LogP contribution in [-0.4, -0.2) is 26.3 Å². The second kappa shape index (κ2) is 5.42. The smallest absolute Gasteiger partial charge is 0.186 e. The van der Waals surface area contributed by atoms with Crippen LogP contribution in [0.1, 0.15) is 5.82 Å². The summed E-state index contributed by atoms with van der Waals surface area (Å²) in [5.74, 6) is 1.95. The molecular weight excluding hydrogens is 318 g/mol. The molecule has 0 aliphatic carbocycles. The van der Waals surface area contributed by atoms with Crippen molar-refractivity contribution in [2.24, 2.45) is 0 Å². The van der Waals surface area contributed by atoms with Crippen molar-refractivity contribution in [2.45, 2.75) is 13.1 Å². The summed E-state index contributed by atoms with van der Waals surface area (Å²) in [5.41, 5.74) is 2.18. The molecule has 4 aromatic rings. The Balaban J connectivity index is 1.48. The van der Waals surface area contributed by atoms with Gasteiger partial charge in [0.15, 0.2) is 16.8 Å². The van der Waals surface area contributed by atoms with Crippen LogP contribution in [-0.2, 0) is 13.1 Å². The Bertz CT molecular complexity index is 972. The van der Waals surface area contributed by atoms with E-state index in [-0.39, 0.29) is 0 Å². The number of thiazole rings is 1. The molecule has 0 amide bonds. The van der Waals surface area contributed by atoms with Crippen molar-refractivity contribution >= 4 is 26.7 Å². The van der Waals surface area contributed by atoms with Gasteiger partial charge in [-0.05, 0) is 12.1 Å². The summed E-state index contributed by atoms with van der Waals surface area (Å²) in [5, 5.41) is 9.88. The highest BCUT2D eigenvalue weighted by Gasteiger charge is 2.23. The van der Waals surface area contributed by atoms with Gasteiger partial charge in [-0.2, -0.15) is 0 Å². The standard InChI is InChI=1S/C18H15N5S/c1-2-6-13(7-3-1)17-21-20-16-12-22(10-11-23(16)17)18-19-14-8-4-5-9-15(14)24-18/h1-9H,10-12H2. The average Bonchev–Trinajstić information content (AvgIpc) is 3.26. The number of benzene rings is 2. The van der Waals surface area contributed by atoms with Gasteiger partial charge in [-0.3, -0.25) is 0 Å². The molecule has 1 aliphatic heterocycles. The molecule has 118 valence electrons. The van der Waals surface area contributed by atoms with E-state index >= 15 is 0 Å². The summed E-state index contributed by atoms with van der Waals surface area (Å²) in [6, 6.07) is 18.5. The van der Waals surface area contributed by atoms with Crippen LogP contribution < -0.4 is 4.90 Å². The van der Waals surface area contributed by atoms with Crippen molar-refractivity contribution in [2.75, 3.05) is 11.4 Å². The second-order valence-electron chi connectivity index (χ2n) is 5.84. The molecule has 0 saturated carbocycles. The van der Waals surface area contributed by atoms with Crippen LogP contribution in [0.5, 0.6) is 0 Å². The van der Waals surface area contributed by atoms with E-state index in [1.54, 1.807) is 11.3 Å². The lowest BCUT2D eigenvalue weighted by Gasteiger charge is -2.27. The van der Waals surface area contributed by atoms with Gasteiger partial charge in [-0.15, -0.1) is 10.2 Å². The number of hydrogen-bond acceptors (Lipinski definition) is 5. The van der Waals surface area contributed by atoms with Gasteiger partial charge >= 0.3 is 0 Å². The van der Waals surface area contributed by atoms with Crippen molar-refractivity contribution < 1.29 is 0 Å². The fourth-order valence-electron chi connectivity index (χ4n) is 3.12. The van der Waals surface area contributed by atoms with Crippen molar-refractivity contribution in [3.63, 3.8) is 0 Å². The predicted molar refractivity (Wildman–Crippen MR) is 96.1 cm³/mol. The van der Waals surface area contributed by atoms with Gasteiger partial charge in [0, 0.05) is 18.7 Å². The molecule has 5 rings (SSSR count). The van der Waals surface area contributed by atoms with E-state index in [0.29, 0.717) is 0 Å². The van der Waals surface area contributed by atoms with Crippen molar-refractivity contribution in [3.05, 3.63) is 60.4 Å². The maximum absolute atomic E-state index is 4.76. The maximum Gasteiger partial charge on any atom is 0.186 e. The van der Waals surface area contributed by atoms with Gasteiger partial charge in [-0.25, -0.2) is 4.98 Å². The average molecular weight is 333 g/mol. The molecule has 0 radical (unpaired) electrons. The van der Waals surface area contributed by atoms with Crippen LogP contribution >= 0.6 is 11.3 Å². The van der Waals surface area contributed by atoms with Crippen molar-refractivity contribution in [3.8, 4) is 11.4 Å². The molecule has 0 spiro atoms. The van der Waals surface area contributed by atoms with E-state index in [0.717, 1.165) is 47.5 Å². The summed E-state index contributed by atoms with van der Waals surface area (Å²) in [7, 11) is 0. The van der Waals surface area contributed by atoms with Crippen molar-refractivity contribution in [1.82, 2.24) is 19.7 Å². The Morgan fingerprint density at radius 2 is 1.71 bits per heavy atom. The zero-order chi connectivity index (χ0) is 15.9. The first kappa shape index (κ1) is 13.7. The molecule has 0 bridgehead atoms. The minimum Gasteiger partial charge on any atom is -0.339 e. The molecule has 2 aromatic heterocycles.